The lowest BCUT2D eigenvalue weighted by molar-refractivity contribution is 0.0736. The molecule has 1 aliphatic heterocycles. The van der Waals surface area contributed by atoms with E-state index < -0.39 is 0 Å². The van der Waals surface area contributed by atoms with Crippen LogP contribution in [0.15, 0.2) is 36.4 Å². The predicted octanol–water partition coefficient (Wildman–Crippen LogP) is 5.07. The first-order chi connectivity index (χ1) is 14.4. The van der Waals surface area contributed by atoms with Crippen molar-refractivity contribution < 1.29 is 4.79 Å². The van der Waals surface area contributed by atoms with E-state index in [0.29, 0.717) is 0 Å². The van der Waals surface area contributed by atoms with Crippen LogP contribution in [-0.4, -0.2) is 34.4 Å². The van der Waals surface area contributed by atoms with E-state index in [1.807, 2.05) is 25.8 Å². The smallest absolute Gasteiger partial charge is 0.266 e. The number of rotatable bonds is 5. The number of likely N-dealkylation sites (tertiary alicyclic amines) is 1. The molecule has 2 aromatic heterocycles. The number of aromatic nitrogens is 2. The highest BCUT2D eigenvalue weighted by Gasteiger charge is 2.33. The van der Waals surface area contributed by atoms with Crippen molar-refractivity contribution in [3.8, 4) is 0 Å². The van der Waals surface area contributed by atoms with Crippen LogP contribution in [0.5, 0.6) is 0 Å². The number of carbonyl (C=O) groups is 1. The summed E-state index contributed by atoms with van der Waals surface area (Å²) in [7, 11) is 1.83. The van der Waals surface area contributed by atoms with Crippen molar-refractivity contribution >= 4 is 22.4 Å². The quantitative estimate of drug-likeness (QED) is 0.626. The summed E-state index contributed by atoms with van der Waals surface area (Å²) in [6, 6.07) is 13.0. The van der Waals surface area contributed by atoms with Gasteiger partial charge in [0, 0.05) is 19.3 Å². The highest BCUT2D eigenvalue weighted by molar-refractivity contribution is 7.17. The molecule has 5 nitrogen and oxygen atoms in total. The lowest BCUT2D eigenvalue weighted by Crippen LogP contribution is -2.31. The molecule has 30 heavy (non-hydrogen) atoms. The number of amides is 1. The number of hydrogen-bond acceptors (Lipinski definition) is 5. The van der Waals surface area contributed by atoms with Gasteiger partial charge in [-0.15, -0.1) is 0 Å². The molecule has 0 radical (unpaired) electrons. The summed E-state index contributed by atoms with van der Waals surface area (Å²) in [5, 5.41) is 3.82. The number of nitrogens with one attached hydrogen (secondary N) is 1. The molecule has 0 unspecified atom stereocenters. The molecule has 3 aromatic rings. The molecule has 1 aromatic carbocycles. The average molecular weight is 421 g/mol. The van der Waals surface area contributed by atoms with Crippen LogP contribution in [-0.2, 0) is 6.42 Å². The van der Waals surface area contributed by atoms with Crippen LogP contribution in [0.1, 0.15) is 62.3 Å². The first-order valence-electron chi connectivity index (χ1n) is 10.4. The zero-order chi connectivity index (χ0) is 21.3. The monoisotopic (exact) mass is 420 g/mol. The molecule has 6 heteroatoms. The van der Waals surface area contributed by atoms with Crippen LogP contribution in [0.2, 0.25) is 0 Å². The second kappa shape index (κ2) is 8.56. The Hall–Kier alpha value is -2.73. The Bertz CT molecular complexity index is 1070. The summed E-state index contributed by atoms with van der Waals surface area (Å²) in [4.78, 5) is 25.3. The van der Waals surface area contributed by atoms with E-state index in [1.54, 1.807) is 0 Å². The highest BCUT2D eigenvalue weighted by Crippen LogP contribution is 2.35. The number of carbonyl (C=O) groups excluding carboxylic acids is 1. The van der Waals surface area contributed by atoms with E-state index in [-0.39, 0.29) is 11.9 Å². The van der Waals surface area contributed by atoms with Gasteiger partial charge in [-0.1, -0.05) is 41.2 Å². The fourth-order valence-electron chi connectivity index (χ4n) is 4.25. The van der Waals surface area contributed by atoms with Crippen LogP contribution in [0, 0.1) is 20.8 Å². The molecule has 1 N–H and O–H groups in total. The third kappa shape index (κ3) is 4.24. The first-order valence-corrected chi connectivity index (χ1v) is 11.3. The summed E-state index contributed by atoms with van der Waals surface area (Å²) >= 11 is 1.43. The van der Waals surface area contributed by atoms with Gasteiger partial charge in [-0.3, -0.25) is 9.78 Å². The molecule has 1 aliphatic rings. The van der Waals surface area contributed by atoms with Crippen LogP contribution in [0.3, 0.4) is 0 Å². The van der Waals surface area contributed by atoms with Crippen molar-refractivity contribution in [1.29, 1.82) is 0 Å². The molecule has 0 spiro atoms. The summed E-state index contributed by atoms with van der Waals surface area (Å²) in [5.41, 5.74) is 6.60. The molecule has 1 saturated heterocycles. The van der Waals surface area contributed by atoms with E-state index in [0.717, 1.165) is 52.9 Å². The lowest BCUT2D eigenvalue weighted by Gasteiger charge is -2.24. The largest absolute Gasteiger partial charge is 0.365 e. The maximum absolute atomic E-state index is 13.3. The van der Waals surface area contributed by atoms with Gasteiger partial charge in [-0.25, -0.2) is 4.98 Å². The van der Waals surface area contributed by atoms with E-state index in [2.05, 4.69) is 53.6 Å². The van der Waals surface area contributed by atoms with E-state index >= 15 is 0 Å². The number of anilines is 1. The molecule has 4 rings (SSSR count). The Balaban J connectivity index is 1.61. The van der Waals surface area contributed by atoms with E-state index in [1.165, 1.54) is 28.0 Å². The third-order valence-corrected chi connectivity index (χ3v) is 6.75. The van der Waals surface area contributed by atoms with Gasteiger partial charge in [0.05, 0.1) is 17.4 Å². The van der Waals surface area contributed by atoms with E-state index in [4.69, 9.17) is 4.98 Å². The molecule has 1 fully saturated rings. The Kier molecular flexibility index (Phi) is 5.86. The molecular weight excluding hydrogens is 392 g/mol. The topological polar surface area (TPSA) is 58.1 Å². The van der Waals surface area contributed by atoms with Crippen molar-refractivity contribution in [2.75, 3.05) is 18.9 Å². The van der Waals surface area contributed by atoms with Gasteiger partial charge in [0.1, 0.15) is 4.88 Å². The Labute approximate surface area is 182 Å². The number of benzene rings is 1. The Morgan fingerprint density at radius 1 is 1.17 bits per heavy atom. The third-order valence-electron chi connectivity index (χ3n) is 5.58. The predicted molar refractivity (Wildman–Crippen MR) is 122 cm³/mol. The first kappa shape index (κ1) is 20.5. The molecular formula is C24H28N4OS. The molecule has 0 aliphatic carbocycles. The van der Waals surface area contributed by atoms with Gasteiger partial charge in [0.15, 0.2) is 5.13 Å². The molecule has 1 amide bonds. The molecule has 1 atom stereocenters. The minimum atomic E-state index is 0.0215. The Morgan fingerprint density at radius 3 is 2.73 bits per heavy atom. The van der Waals surface area contributed by atoms with Crippen LogP contribution < -0.4 is 5.32 Å². The number of hydrogen-bond donors (Lipinski definition) is 1. The van der Waals surface area contributed by atoms with Crippen molar-refractivity contribution in [2.24, 2.45) is 0 Å². The maximum atomic E-state index is 13.3. The van der Waals surface area contributed by atoms with Crippen molar-refractivity contribution in [3.63, 3.8) is 0 Å². The van der Waals surface area contributed by atoms with Gasteiger partial charge in [-0.2, -0.15) is 0 Å². The van der Waals surface area contributed by atoms with Crippen LogP contribution >= 0.6 is 11.3 Å². The normalized spacial score (nSPS) is 16.1. The van der Waals surface area contributed by atoms with Crippen LogP contribution in [0.4, 0.5) is 5.13 Å². The second-order valence-corrected chi connectivity index (χ2v) is 9.05. The Morgan fingerprint density at radius 2 is 2.00 bits per heavy atom. The van der Waals surface area contributed by atoms with Crippen molar-refractivity contribution in [2.45, 2.75) is 46.1 Å². The lowest BCUT2D eigenvalue weighted by atomic mass is 10.0. The standard InChI is InChI=1S/C24H28N4OS/c1-15-7-5-8-18(11-15)13-19-12-16(2)26-20(14-19)21-9-6-10-28(21)23(29)22-17(3)27-24(25-4)30-22/h5,7-8,11-12,14,21H,6,9-10,13H2,1-4H3,(H,25,27)/t21-/m0/s1. The van der Waals surface area contributed by atoms with Gasteiger partial charge >= 0.3 is 0 Å². The van der Waals surface area contributed by atoms with Gasteiger partial charge in [0.2, 0.25) is 0 Å². The summed E-state index contributed by atoms with van der Waals surface area (Å²) in [6.45, 7) is 6.83. The zero-order valence-corrected chi connectivity index (χ0v) is 18.8. The second-order valence-electron chi connectivity index (χ2n) is 8.05. The maximum Gasteiger partial charge on any atom is 0.266 e. The number of thiazole rings is 1. The molecule has 0 bridgehead atoms. The van der Waals surface area contributed by atoms with Crippen LogP contribution in [0.25, 0.3) is 0 Å². The number of nitrogens with zero attached hydrogens (tertiary/aromatic N) is 3. The minimum absolute atomic E-state index is 0.0215. The summed E-state index contributed by atoms with van der Waals surface area (Å²) < 4.78 is 0. The van der Waals surface area contributed by atoms with E-state index in [9.17, 15) is 4.79 Å². The fraction of sp³-hybridized carbons (Fsp3) is 0.375. The summed E-state index contributed by atoms with van der Waals surface area (Å²) in [6.07, 6.45) is 2.82. The fourth-order valence-corrected chi connectivity index (χ4v) is 5.12. The van der Waals surface area contributed by atoms with Gasteiger partial charge in [0.25, 0.3) is 5.91 Å². The number of aryl methyl sites for hydroxylation is 3. The average Bonchev–Trinajstić information content (AvgIpc) is 3.34. The van der Waals surface area contributed by atoms with Crippen molar-refractivity contribution in [3.05, 3.63) is 75.0 Å². The SMILES string of the molecule is CNc1nc(C)c(C(=O)N2CCC[C@H]2c2cc(Cc3cccc(C)c3)cc(C)n2)s1. The summed E-state index contributed by atoms with van der Waals surface area (Å²) in [5.74, 6) is 0.0672. The highest BCUT2D eigenvalue weighted by atomic mass is 32.1. The minimum Gasteiger partial charge on any atom is -0.365 e. The van der Waals surface area contributed by atoms with Crippen molar-refractivity contribution in [1.82, 2.24) is 14.9 Å². The van der Waals surface area contributed by atoms with Gasteiger partial charge < -0.3 is 10.2 Å². The van der Waals surface area contributed by atoms with Gasteiger partial charge in [-0.05, 0) is 63.3 Å². The molecule has 0 saturated carbocycles. The molecule has 3 heterocycles. The number of pyridine rings is 1. The zero-order valence-electron chi connectivity index (χ0n) is 18.0. The molecule has 156 valence electrons.